The molecule has 0 bridgehead atoms. The first kappa shape index (κ1) is 18.0. The Bertz CT molecular complexity index is 869. The van der Waals surface area contributed by atoms with Gasteiger partial charge >= 0.3 is 0 Å². The van der Waals surface area contributed by atoms with Crippen LogP contribution in [0, 0.1) is 12.4 Å². The third-order valence-electron chi connectivity index (χ3n) is 3.34. The van der Waals surface area contributed by atoms with E-state index in [0.29, 0.717) is 11.5 Å². The second kappa shape index (κ2) is 8.48. The summed E-state index contributed by atoms with van der Waals surface area (Å²) in [6.45, 7) is 7.39. The van der Waals surface area contributed by atoms with Crippen molar-refractivity contribution in [2.24, 2.45) is 9.98 Å². The molecule has 0 heterocycles. The highest BCUT2D eigenvalue weighted by Crippen LogP contribution is 2.38. The van der Waals surface area contributed by atoms with Gasteiger partial charge in [0.05, 0.1) is 40.5 Å². The molecule has 0 unspecified atom stereocenters. The third-order valence-corrected chi connectivity index (χ3v) is 3.34. The van der Waals surface area contributed by atoms with Gasteiger partial charge in [-0.2, -0.15) is 4.99 Å². The fraction of sp³-hybridized carbons (Fsp3) is 0.222. The van der Waals surface area contributed by atoms with E-state index in [1.165, 1.54) is 7.11 Å². The van der Waals surface area contributed by atoms with Gasteiger partial charge in [-0.25, -0.2) is 14.2 Å². The van der Waals surface area contributed by atoms with E-state index in [1.54, 1.807) is 26.4 Å². The molecule has 0 aliphatic heterocycles. The van der Waals surface area contributed by atoms with Gasteiger partial charge in [-0.05, 0) is 18.2 Å². The molecule has 0 aliphatic carbocycles. The van der Waals surface area contributed by atoms with E-state index in [1.807, 2.05) is 6.07 Å². The second-order valence-electron chi connectivity index (χ2n) is 4.79. The molecule has 2 aromatic rings. The molecule has 0 N–H and O–H groups in total. The Kier molecular flexibility index (Phi) is 6.10. The molecular formula is C18H16FN3O3. The fourth-order valence-corrected chi connectivity index (χ4v) is 2.10. The van der Waals surface area contributed by atoms with Gasteiger partial charge in [-0.15, -0.1) is 0 Å². The quantitative estimate of drug-likeness (QED) is 0.578. The summed E-state index contributed by atoms with van der Waals surface area (Å²) in [5.74, 6) is 0.888. The van der Waals surface area contributed by atoms with E-state index in [2.05, 4.69) is 20.8 Å². The van der Waals surface area contributed by atoms with Crippen molar-refractivity contribution >= 4 is 17.4 Å². The lowest BCUT2D eigenvalue weighted by molar-refractivity contribution is 0.391. The van der Waals surface area contributed by atoms with E-state index >= 15 is 0 Å². The van der Waals surface area contributed by atoms with Gasteiger partial charge < -0.3 is 14.2 Å². The van der Waals surface area contributed by atoms with Crippen molar-refractivity contribution in [3.8, 4) is 17.2 Å². The molecule has 0 amide bonds. The van der Waals surface area contributed by atoms with Gasteiger partial charge in [0, 0.05) is 17.7 Å². The first-order valence-corrected chi connectivity index (χ1v) is 7.21. The van der Waals surface area contributed by atoms with Crippen LogP contribution in [0.2, 0.25) is 0 Å². The summed E-state index contributed by atoms with van der Waals surface area (Å²) in [7, 11) is 4.51. The van der Waals surface area contributed by atoms with Crippen molar-refractivity contribution < 1.29 is 18.6 Å². The van der Waals surface area contributed by atoms with E-state index in [9.17, 15) is 4.39 Å². The molecular weight excluding hydrogens is 325 g/mol. The molecule has 0 atom stereocenters. The second-order valence-corrected chi connectivity index (χ2v) is 4.79. The molecule has 0 fully saturated rings. The standard InChI is InChI=1S/C18H16FN3O3/c1-20-15-7-13(19)8-17(25-4)18(15)22-11-21-10-12-5-6-14(23-2)9-16(12)24-3/h5-9H,10H2,2-4H3. The largest absolute Gasteiger partial charge is 0.497 e. The van der Waals surface area contributed by atoms with Crippen LogP contribution in [0.3, 0.4) is 0 Å². The zero-order valence-electron chi connectivity index (χ0n) is 14.0. The lowest BCUT2D eigenvalue weighted by Gasteiger charge is -2.07. The zero-order valence-corrected chi connectivity index (χ0v) is 14.0. The van der Waals surface area contributed by atoms with E-state index in [0.717, 1.165) is 17.7 Å². The number of rotatable bonds is 6. The SMILES string of the molecule is [C-]#[N+]c1cc(F)cc(OC)c1N=C=NCc1ccc(OC)cc1OC. The predicted molar refractivity (Wildman–Crippen MR) is 92.0 cm³/mol. The average molecular weight is 341 g/mol. The van der Waals surface area contributed by atoms with Crippen LogP contribution in [0.25, 0.3) is 4.85 Å². The van der Waals surface area contributed by atoms with Crippen molar-refractivity contribution in [2.45, 2.75) is 6.54 Å². The minimum atomic E-state index is -0.568. The Hall–Kier alpha value is -3.36. The highest BCUT2D eigenvalue weighted by Gasteiger charge is 2.11. The monoisotopic (exact) mass is 341 g/mol. The maximum atomic E-state index is 13.4. The van der Waals surface area contributed by atoms with Crippen molar-refractivity contribution in [3.05, 3.63) is 53.1 Å². The van der Waals surface area contributed by atoms with E-state index < -0.39 is 5.82 Å². The number of nitrogens with zero attached hydrogens (tertiary/aromatic N) is 3. The molecule has 128 valence electrons. The fourth-order valence-electron chi connectivity index (χ4n) is 2.10. The van der Waals surface area contributed by atoms with Crippen molar-refractivity contribution in [1.82, 2.24) is 0 Å². The van der Waals surface area contributed by atoms with E-state index in [4.69, 9.17) is 20.8 Å². The Morgan fingerprint density at radius 3 is 2.48 bits per heavy atom. The van der Waals surface area contributed by atoms with Crippen molar-refractivity contribution in [2.75, 3.05) is 21.3 Å². The maximum absolute atomic E-state index is 13.4. The van der Waals surface area contributed by atoms with Crippen LogP contribution in [0.4, 0.5) is 15.8 Å². The number of ether oxygens (including phenoxy) is 3. The highest BCUT2D eigenvalue weighted by atomic mass is 19.1. The number of benzene rings is 2. The minimum Gasteiger partial charge on any atom is -0.497 e. The average Bonchev–Trinajstić information content (AvgIpc) is 2.65. The molecule has 25 heavy (non-hydrogen) atoms. The smallest absolute Gasteiger partial charge is 0.219 e. The Balaban J connectivity index is 2.28. The maximum Gasteiger partial charge on any atom is 0.219 e. The molecule has 6 nitrogen and oxygen atoms in total. The summed E-state index contributed by atoms with van der Waals surface area (Å²) in [5.41, 5.74) is 1.04. The molecule has 7 heteroatoms. The topological polar surface area (TPSA) is 56.8 Å². The first-order valence-electron chi connectivity index (χ1n) is 7.21. The normalized spacial score (nSPS) is 9.56. The van der Waals surface area contributed by atoms with Crippen LogP contribution in [0.1, 0.15) is 5.56 Å². The predicted octanol–water partition coefficient (Wildman–Crippen LogP) is 4.41. The van der Waals surface area contributed by atoms with Crippen LogP contribution in [0.5, 0.6) is 17.2 Å². The minimum absolute atomic E-state index is 0.0292. The Labute approximate surface area is 145 Å². The molecule has 0 saturated heterocycles. The van der Waals surface area contributed by atoms with Crippen LogP contribution in [-0.2, 0) is 6.54 Å². The summed E-state index contributed by atoms with van der Waals surface area (Å²) in [5, 5.41) is 0. The summed E-state index contributed by atoms with van der Waals surface area (Å²) < 4.78 is 28.9. The number of halogens is 1. The van der Waals surface area contributed by atoms with Gasteiger partial charge in [-0.1, -0.05) is 0 Å². The number of hydrogen-bond acceptors (Lipinski definition) is 5. The summed E-state index contributed by atoms with van der Waals surface area (Å²) in [6, 6.07) is 10.1. The Morgan fingerprint density at radius 1 is 1.08 bits per heavy atom. The van der Waals surface area contributed by atoms with Gasteiger partial charge in [-0.3, -0.25) is 0 Å². The molecule has 2 rings (SSSR count). The molecule has 0 spiro atoms. The van der Waals surface area contributed by atoms with Gasteiger partial charge in [0.25, 0.3) is 0 Å². The molecule has 0 radical (unpaired) electrons. The number of methoxy groups -OCH3 is 3. The van der Waals surface area contributed by atoms with Crippen molar-refractivity contribution in [1.29, 1.82) is 0 Å². The summed E-state index contributed by atoms with van der Waals surface area (Å²) in [6.07, 6.45) is 0. The number of hydrogen-bond donors (Lipinski definition) is 0. The zero-order chi connectivity index (χ0) is 18.2. The van der Waals surface area contributed by atoms with E-state index in [-0.39, 0.29) is 23.7 Å². The van der Waals surface area contributed by atoms with Crippen LogP contribution >= 0.6 is 0 Å². The van der Waals surface area contributed by atoms with Crippen LogP contribution < -0.4 is 14.2 Å². The first-order chi connectivity index (χ1) is 12.1. The third kappa shape index (κ3) is 4.34. The highest BCUT2D eigenvalue weighted by molar-refractivity contribution is 5.76. The van der Waals surface area contributed by atoms with Crippen LogP contribution in [-0.4, -0.2) is 27.3 Å². The van der Waals surface area contributed by atoms with Gasteiger partial charge in [0.15, 0.2) is 0 Å². The number of aliphatic imine (C=N–C) groups is 2. The molecule has 2 aromatic carbocycles. The molecule has 0 aliphatic rings. The van der Waals surface area contributed by atoms with Gasteiger partial charge in [0.2, 0.25) is 5.69 Å². The summed E-state index contributed by atoms with van der Waals surface area (Å²) >= 11 is 0. The van der Waals surface area contributed by atoms with Gasteiger partial charge in [0.1, 0.15) is 28.8 Å². The lowest BCUT2D eigenvalue weighted by atomic mass is 10.2. The summed E-state index contributed by atoms with van der Waals surface area (Å²) in [4.78, 5) is 11.3. The molecule has 0 aromatic heterocycles. The van der Waals surface area contributed by atoms with Crippen LogP contribution in [0.15, 0.2) is 40.3 Å². The lowest BCUT2D eigenvalue weighted by Crippen LogP contribution is -1.92. The Morgan fingerprint density at radius 2 is 1.84 bits per heavy atom. The molecule has 0 saturated carbocycles. The van der Waals surface area contributed by atoms with Crippen molar-refractivity contribution in [3.63, 3.8) is 0 Å².